The molecule has 0 aliphatic carbocycles. The molecule has 0 aromatic carbocycles. The second-order valence-electron chi connectivity index (χ2n) is 4.31. The topological polar surface area (TPSA) is 48.0 Å². The number of nitrogen functional groups attached to an aromatic ring is 1. The summed E-state index contributed by atoms with van der Waals surface area (Å²) in [5.74, 6) is 1.62. The Hall–Kier alpha value is -0.900. The largest absolute Gasteiger partial charge is 0.398 e. The molecule has 1 rings (SSSR count). The Bertz CT molecular complexity index is 387. The van der Waals surface area contributed by atoms with Crippen LogP contribution in [0, 0.1) is 5.92 Å². The van der Waals surface area contributed by atoms with Crippen LogP contribution in [0.15, 0.2) is 23.1 Å². The van der Waals surface area contributed by atoms with Gasteiger partial charge in [0.2, 0.25) is 0 Å². The standard InChI is InChI=1S/C12H20N2OS/c1-9(2)10(3)16-7-6-14-8-11(13)4-5-12(14)15/h4-5,8-10H,6-7,13H2,1-3H3. The third kappa shape index (κ3) is 3.93. The molecular formula is C12H20N2OS. The summed E-state index contributed by atoms with van der Waals surface area (Å²) < 4.78 is 1.68. The molecule has 0 aliphatic rings. The number of aromatic nitrogens is 1. The van der Waals surface area contributed by atoms with Crippen molar-refractivity contribution in [2.24, 2.45) is 5.92 Å². The van der Waals surface area contributed by atoms with Gasteiger partial charge >= 0.3 is 0 Å². The van der Waals surface area contributed by atoms with E-state index in [-0.39, 0.29) is 5.56 Å². The highest BCUT2D eigenvalue weighted by Crippen LogP contribution is 2.18. The smallest absolute Gasteiger partial charge is 0.250 e. The van der Waals surface area contributed by atoms with Gasteiger partial charge in [0, 0.05) is 35.5 Å². The monoisotopic (exact) mass is 240 g/mol. The molecular weight excluding hydrogens is 220 g/mol. The molecule has 16 heavy (non-hydrogen) atoms. The summed E-state index contributed by atoms with van der Waals surface area (Å²) in [5.41, 5.74) is 6.30. The number of hydrogen-bond donors (Lipinski definition) is 1. The molecule has 0 radical (unpaired) electrons. The van der Waals surface area contributed by atoms with E-state index in [9.17, 15) is 4.79 Å². The summed E-state index contributed by atoms with van der Waals surface area (Å²) in [5, 5.41) is 0.622. The minimum Gasteiger partial charge on any atom is -0.398 e. The van der Waals surface area contributed by atoms with Gasteiger partial charge in [-0.1, -0.05) is 20.8 Å². The van der Waals surface area contributed by atoms with Gasteiger partial charge in [-0.2, -0.15) is 11.8 Å². The Morgan fingerprint density at radius 3 is 2.69 bits per heavy atom. The first-order valence-corrected chi connectivity index (χ1v) is 6.63. The highest BCUT2D eigenvalue weighted by molar-refractivity contribution is 7.99. The van der Waals surface area contributed by atoms with E-state index in [4.69, 9.17) is 5.73 Å². The SMILES string of the molecule is CC(C)C(C)SCCn1cc(N)ccc1=O. The lowest BCUT2D eigenvalue weighted by Crippen LogP contribution is -2.20. The van der Waals surface area contributed by atoms with Gasteiger partial charge in [-0.25, -0.2) is 0 Å². The van der Waals surface area contributed by atoms with Gasteiger partial charge in [0.15, 0.2) is 0 Å². The Kier molecular flexibility index (Phi) is 4.93. The van der Waals surface area contributed by atoms with Gasteiger partial charge in [-0.15, -0.1) is 0 Å². The highest BCUT2D eigenvalue weighted by atomic mass is 32.2. The minimum absolute atomic E-state index is 0.0204. The normalized spacial score (nSPS) is 13.0. The molecule has 0 aliphatic heterocycles. The third-order valence-corrected chi connectivity index (χ3v) is 4.15. The number of nitrogens with two attached hydrogens (primary N) is 1. The molecule has 0 spiro atoms. The number of pyridine rings is 1. The lowest BCUT2D eigenvalue weighted by molar-refractivity contribution is 0.639. The Labute approximate surface area is 101 Å². The zero-order valence-electron chi connectivity index (χ0n) is 10.1. The average Bonchev–Trinajstić information content (AvgIpc) is 2.22. The van der Waals surface area contributed by atoms with Crippen LogP contribution in [0.1, 0.15) is 20.8 Å². The van der Waals surface area contributed by atoms with Crippen LogP contribution in [0.4, 0.5) is 5.69 Å². The van der Waals surface area contributed by atoms with Crippen LogP contribution in [0.3, 0.4) is 0 Å². The number of thioether (sulfide) groups is 1. The van der Waals surface area contributed by atoms with Crippen molar-refractivity contribution in [2.45, 2.75) is 32.6 Å². The third-order valence-electron chi connectivity index (χ3n) is 2.66. The van der Waals surface area contributed by atoms with Crippen molar-refractivity contribution in [3.8, 4) is 0 Å². The lowest BCUT2D eigenvalue weighted by Gasteiger charge is -2.15. The summed E-state index contributed by atoms with van der Waals surface area (Å²) >= 11 is 1.89. The fourth-order valence-electron chi connectivity index (χ4n) is 1.25. The van der Waals surface area contributed by atoms with Gasteiger partial charge < -0.3 is 10.3 Å². The zero-order valence-corrected chi connectivity index (χ0v) is 11.0. The zero-order chi connectivity index (χ0) is 12.1. The molecule has 0 saturated carbocycles. The van der Waals surface area contributed by atoms with E-state index in [1.165, 1.54) is 6.07 Å². The fourth-order valence-corrected chi connectivity index (χ4v) is 2.31. The van der Waals surface area contributed by atoms with Crippen LogP contribution in [-0.2, 0) is 6.54 Å². The molecule has 0 fully saturated rings. The average molecular weight is 240 g/mol. The maximum absolute atomic E-state index is 11.5. The molecule has 3 nitrogen and oxygen atoms in total. The van der Waals surface area contributed by atoms with Crippen LogP contribution in [0.25, 0.3) is 0 Å². The molecule has 4 heteroatoms. The summed E-state index contributed by atoms with van der Waals surface area (Å²) in [7, 11) is 0. The van der Waals surface area contributed by atoms with E-state index in [0.29, 0.717) is 16.9 Å². The van der Waals surface area contributed by atoms with Crippen molar-refractivity contribution in [2.75, 3.05) is 11.5 Å². The number of anilines is 1. The number of aryl methyl sites for hydroxylation is 1. The number of hydrogen-bond acceptors (Lipinski definition) is 3. The Morgan fingerprint density at radius 2 is 2.06 bits per heavy atom. The van der Waals surface area contributed by atoms with Crippen molar-refractivity contribution < 1.29 is 0 Å². The molecule has 1 aromatic heterocycles. The van der Waals surface area contributed by atoms with Gasteiger partial charge in [0.1, 0.15) is 0 Å². The maximum Gasteiger partial charge on any atom is 0.250 e. The molecule has 0 bridgehead atoms. The number of rotatable bonds is 5. The summed E-state index contributed by atoms with van der Waals surface area (Å²) in [6, 6.07) is 3.16. The predicted octanol–water partition coefficient (Wildman–Crippen LogP) is 2.21. The van der Waals surface area contributed by atoms with Crippen LogP contribution >= 0.6 is 11.8 Å². The van der Waals surface area contributed by atoms with E-state index in [1.807, 2.05) is 11.8 Å². The highest BCUT2D eigenvalue weighted by Gasteiger charge is 2.07. The van der Waals surface area contributed by atoms with Crippen molar-refractivity contribution in [1.29, 1.82) is 0 Å². The van der Waals surface area contributed by atoms with Crippen molar-refractivity contribution >= 4 is 17.4 Å². The Morgan fingerprint density at radius 1 is 1.38 bits per heavy atom. The van der Waals surface area contributed by atoms with Gasteiger partial charge in [-0.3, -0.25) is 4.79 Å². The molecule has 2 N–H and O–H groups in total. The maximum atomic E-state index is 11.5. The molecule has 90 valence electrons. The number of nitrogens with zero attached hydrogens (tertiary/aromatic N) is 1. The molecule has 1 heterocycles. The molecule has 1 aromatic rings. The first-order chi connectivity index (χ1) is 7.50. The van der Waals surface area contributed by atoms with Crippen LogP contribution in [-0.4, -0.2) is 15.6 Å². The van der Waals surface area contributed by atoms with Crippen LogP contribution < -0.4 is 11.3 Å². The molecule has 1 atom stereocenters. The minimum atomic E-state index is 0.0204. The van der Waals surface area contributed by atoms with Crippen LogP contribution in [0.5, 0.6) is 0 Å². The van der Waals surface area contributed by atoms with E-state index >= 15 is 0 Å². The summed E-state index contributed by atoms with van der Waals surface area (Å²) in [6.07, 6.45) is 1.71. The molecule has 1 unspecified atom stereocenters. The first kappa shape index (κ1) is 13.2. The summed E-state index contributed by atoms with van der Waals surface area (Å²) in [4.78, 5) is 11.5. The lowest BCUT2D eigenvalue weighted by atomic mass is 10.2. The quantitative estimate of drug-likeness (QED) is 0.858. The second kappa shape index (κ2) is 5.99. The van der Waals surface area contributed by atoms with E-state index in [2.05, 4.69) is 20.8 Å². The first-order valence-electron chi connectivity index (χ1n) is 5.58. The van der Waals surface area contributed by atoms with Crippen molar-refractivity contribution in [1.82, 2.24) is 4.57 Å². The molecule has 0 saturated heterocycles. The fraction of sp³-hybridized carbons (Fsp3) is 0.583. The van der Waals surface area contributed by atoms with E-state index < -0.39 is 0 Å². The van der Waals surface area contributed by atoms with Gasteiger partial charge in [0.05, 0.1) is 0 Å². The predicted molar refractivity (Wildman–Crippen MR) is 71.9 cm³/mol. The van der Waals surface area contributed by atoms with Crippen molar-refractivity contribution in [3.05, 3.63) is 28.7 Å². The van der Waals surface area contributed by atoms with Gasteiger partial charge in [0.25, 0.3) is 5.56 Å². The Balaban J connectivity index is 2.49. The van der Waals surface area contributed by atoms with Crippen LogP contribution in [0.2, 0.25) is 0 Å². The van der Waals surface area contributed by atoms with Crippen molar-refractivity contribution in [3.63, 3.8) is 0 Å². The summed E-state index contributed by atoms with van der Waals surface area (Å²) in [6.45, 7) is 7.37. The van der Waals surface area contributed by atoms with Gasteiger partial charge in [-0.05, 0) is 12.0 Å². The van der Waals surface area contributed by atoms with E-state index in [1.54, 1.807) is 16.8 Å². The molecule has 0 amide bonds. The van der Waals surface area contributed by atoms with E-state index in [0.717, 1.165) is 12.3 Å². The second-order valence-corrected chi connectivity index (χ2v) is 5.80.